The Labute approximate surface area is 166 Å². The molecule has 1 aromatic heterocycles. The number of aryl methyl sites for hydroxylation is 1. The summed E-state index contributed by atoms with van der Waals surface area (Å²) in [6.07, 6.45) is -0.203. The lowest BCUT2D eigenvalue weighted by Gasteiger charge is -2.04. The van der Waals surface area contributed by atoms with E-state index in [2.05, 4.69) is 4.98 Å². The minimum Gasteiger partial charge on any atom is -0.481 e. The van der Waals surface area contributed by atoms with Crippen LogP contribution in [0.3, 0.4) is 0 Å². The van der Waals surface area contributed by atoms with E-state index in [0.717, 1.165) is 5.56 Å². The number of carbonyl (C=O) groups excluding carboxylic acids is 1. The summed E-state index contributed by atoms with van der Waals surface area (Å²) in [6, 6.07) is 16.0. The summed E-state index contributed by atoms with van der Waals surface area (Å²) in [5.41, 5.74) is 2.53. The van der Waals surface area contributed by atoms with Crippen LogP contribution in [0.1, 0.15) is 35.5 Å². The van der Waals surface area contributed by atoms with Gasteiger partial charge in [0.2, 0.25) is 0 Å². The Morgan fingerprint density at radius 3 is 2.07 bits per heavy atom. The number of oxazole rings is 1. The zero-order valence-electron chi connectivity index (χ0n) is 15.5. The number of Topliss-reactive ketones (excluding diaryl/α,β-unsaturated/α-hetero) is 1. The smallest absolute Gasteiger partial charge is 0.303 e. The van der Waals surface area contributed by atoms with Crippen LogP contribution in [0.15, 0.2) is 59.0 Å². The molecule has 0 spiro atoms. The Kier molecular flexibility index (Phi) is 6.19. The van der Waals surface area contributed by atoms with Crippen LogP contribution in [0.2, 0.25) is 0 Å². The second kappa shape index (κ2) is 8.97. The molecule has 0 radical (unpaired) electrons. The van der Waals surface area contributed by atoms with Gasteiger partial charge in [0.25, 0.3) is 0 Å². The average Bonchev–Trinajstić information content (AvgIpc) is 3.15. The van der Waals surface area contributed by atoms with Crippen LogP contribution in [-0.2, 0) is 16.0 Å². The summed E-state index contributed by atoms with van der Waals surface area (Å²) in [4.78, 5) is 38.1. The van der Waals surface area contributed by atoms with Crippen molar-refractivity contribution in [3.05, 3.63) is 66.1 Å². The van der Waals surface area contributed by atoms with Gasteiger partial charge >= 0.3 is 11.9 Å². The van der Waals surface area contributed by atoms with Gasteiger partial charge in [-0.15, -0.1) is 0 Å². The van der Waals surface area contributed by atoms with Crippen LogP contribution in [0.25, 0.3) is 22.6 Å². The number of nitrogens with zero attached hydrogens (tertiary/aromatic N) is 1. The number of rotatable bonds is 9. The van der Waals surface area contributed by atoms with Gasteiger partial charge in [-0.2, -0.15) is 0 Å². The minimum absolute atomic E-state index is 0.0639. The lowest BCUT2D eigenvalue weighted by Crippen LogP contribution is -2.03. The first-order valence-corrected chi connectivity index (χ1v) is 9.06. The summed E-state index contributed by atoms with van der Waals surface area (Å²) in [5, 5.41) is 17.6. The second-order valence-corrected chi connectivity index (χ2v) is 6.44. The monoisotopic (exact) mass is 393 g/mol. The molecule has 1 heterocycles. The predicted molar refractivity (Wildman–Crippen MR) is 105 cm³/mol. The molecule has 29 heavy (non-hydrogen) atoms. The molecule has 2 aromatic carbocycles. The van der Waals surface area contributed by atoms with Crippen molar-refractivity contribution in [2.45, 2.75) is 25.7 Å². The standard InChI is InChI=1S/C22H19NO6/c24-17(10-12-19(25)26)14-6-8-16(9-7-14)22-21(15-4-2-1-3-5-15)23-18(29-22)11-13-20(27)28/h1-9H,10-13H2,(H,25,26)(H,27,28). The largest absolute Gasteiger partial charge is 0.481 e. The van der Waals surface area contributed by atoms with Crippen LogP contribution in [0, 0.1) is 0 Å². The molecule has 2 N–H and O–H groups in total. The maximum Gasteiger partial charge on any atom is 0.303 e. The number of hydrogen-bond donors (Lipinski definition) is 2. The fourth-order valence-corrected chi connectivity index (χ4v) is 2.84. The summed E-state index contributed by atoms with van der Waals surface area (Å²) >= 11 is 0. The van der Waals surface area contributed by atoms with Crippen LogP contribution in [0.4, 0.5) is 0 Å². The van der Waals surface area contributed by atoms with E-state index >= 15 is 0 Å². The van der Waals surface area contributed by atoms with E-state index in [-0.39, 0.29) is 31.5 Å². The number of ketones is 1. The lowest BCUT2D eigenvalue weighted by atomic mass is 10.0. The Balaban J connectivity index is 1.91. The number of carboxylic acids is 2. The number of aliphatic carboxylic acids is 2. The van der Waals surface area contributed by atoms with Gasteiger partial charge in [0.15, 0.2) is 17.4 Å². The highest BCUT2D eigenvalue weighted by Gasteiger charge is 2.18. The zero-order chi connectivity index (χ0) is 20.8. The van der Waals surface area contributed by atoms with Crippen molar-refractivity contribution < 1.29 is 29.0 Å². The highest BCUT2D eigenvalue weighted by molar-refractivity contribution is 5.97. The molecule has 0 fully saturated rings. The molecule has 3 rings (SSSR count). The summed E-state index contributed by atoms with van der Waals surface area (Å²) < 4.78 is 5.85. The van der Waals surface area contributed by atoms with E-state index in [0.29, 0.717) is 28.5 Å². The van der Waals surface area contributed by atoms with Gasteiger partial charge in [0.1, 0.15) is 5.69 Å². The van der Waals surface area contributed by atoms with Crippen LogP contribution >= 0.6 is 0 Å². The number of carboxylic acid groups (broad SMARTS) is 2. The maximum atomic E-state index is 12.1. The zero-order valence-corrected chi connectivity index (χ0v) is 15.5. The first-order chi connectivity index (χ1) is 13.9. The van der Waals surface area contributed by atoms with E-state index in [9.17, 15) is 14.4 Å². The highest BCUT2D eigenvalue weighted by Crippen LogP contribution is 2.33. The molecule has 0 aliphatic rings. The summed E-state index contributed by atoms with van der Waals surface area (Å²) in [6.45, 7) is 0. The second-order valence-electron chi connectivity index (χ2n) is 6.44. The van der Waals surface area contributed by atoms with Crippen LogP contribution < -0.4 is 0 Å². The third-order valence-electron chi connectivity index (χ3n) is 4.31. The topological polar surface area (TPSA) is 118 Å². The molecule has 7 heteroatoms. The molecule has 0 aliphatic carbocycles. The number of hydrogen-bond acceptors (Lipinski definition) is 5. The Morgan fingerprint density at radius 2 is 1.45 bits per heavy atom. The average molecular weight is 393 g/mol. The maximum absolute atomic E-state index is 12.1. The van der Waals surface area contributed by atoms with Gasteiger partial charge in [-0.05, 0) is 0 Å². The molecule has 7 nitrogen and oxygen atoms in total. The third-order valence-corrected chi connectivity index (χ3v) is 4.31. The van der Waals surface area contributed by atoms with Crippen molar-refractivity contribution in [3.8, 4) is 22.6 Å². The Hall–Kier alpha value is -3.74. The fraction of sp³-hybridized carbons (Fsp3) is 0.182. The molecule has 148 valence electrons. The molecule has 0 atom stereocenters. The van der Waals surface area contributed by atoms with E-state index in [1.807, 2.05) is 30.3 Å². The predicted octanol–water partition coefficient (Wildman–Crippen LogP) is 4.07. The van der Waals surface area contributed by atoms with E-state index in [4.69, 9.17) is 14.6 Å². The molecule has 0 unspecified atom stereocenters. The van der Waals surface area contributed by atoms with Crippen molar-refractivity contribution in [2.24, 2.45) is 0 Å². The van der Waals surface area contributed by atoms with Gasteiger partial charge < -0.3 is 14.6 Å². The normalized spacial score (nSPS) is 10.6. The lowest BCUT2D eigenvalue weighted by molar-refractivity contribution is -0.138. The summed E-state index contributed by atoms with van der Waals surface area (Å²) in [7, 11) is 0. The molecule has 0 saturated carbocycles. The van der Waals surface area contributed by atoms with Gasteiger partial charge in [0, 0.05) is 29.5 Å². The molecular weight excluding hydrogens is 374 g/mol. The number of aromatic nitrogens is 1. The molecule has 0 amide bonds. The number of carbonyl (C=O) groups is 3. The SMILES string of the molecule is O=C(O)CCC(=O)c1ccc(-c2oc(CCC(=O)O)nc2-c2ccccc2)cc1. The van der Waals surface area contributed by atoms with Crippen molar-refractivity contribution in [3.63, 3.8) is 0 Å². The highest BCUT2D eigenvalue weighted by atomic mass is 16.4. The van der Waals surface area contributed by atoms with Crippen LogP contribution in [0.5, 0.6) is 0 Å². The van der Waals surface area contributed by atoms with Gasteiger partial charge in [-0.1, -0.05) is 54.6 Å². The minimum atomic E-state index is -1.02. The van der Waals surface area contributed by atoms with Crippen molar-refractivity contribution in [2.75, 3.05) is 0 Å². The molecule has 0 saturated heterocycles. The quantitative estimate of drug-likeness (QED) is 0.526. The fourth-order valence-electron chi connectivity index (χ4n) is 2.84. The van der Waals surface area contributed by atoms with Gasteiger partial charge in [0.05, 0.1) is 12.8 Å². The summed E-state index contributed by atoms with van der Waals surface area (Å²) in [5.74, 6) is -1.39. The van der Waals surface area contributed by atoms with Gasteiger partial charge in [-0.25, -0.2) is 4.98 Å². The third kappa shape index (κ3) is 5.16. The van der Waals surface area contributed by atoms with E-state index < -0.39 is 11.9 Å². The van der Waals surface area contributed by atoms with Crippen molar-refractivity contribution in [1.29, 1.82) is 0 Å². The van der Waals surface area contributed by atoms with Crippen molar-refractivity contribution in [1.82, 2.24) is 4.98 Å². The first-order valence-electron chi connectivity index (χ1n) is 9.06. The van der Waals surface area contributed by atoms with Crippen LogP contribution in [-0.4, -0.2) is 32.9 Å². The van der Waals surface area contributed by atoms with E-state index in [1.165, 1.54) is 0 Å². The molecular formula is C22H19NO6. The van der Waals surface area contributed by atoms with Gasteiger partial charge in [-0.3, -0.25) is 14.4 Å². The number of benzene rings is 2. The Morgan fingerprint density at radius 1 is 0.793 bits per heavy atom. The van der Waals surface area contributed by atoms with E-state index in [1.54, 1.807) is 24.3 Å². The molecule has 0 aliphatic heterocycles. The Bertz CT molecular complexity index is 1020. The molecule has 3 aromatic rings. The molecule has 0 bridgehead atoms. The first kappa shape index (κ1) is 20.0. The van der Waals surface area contributed by atoms with Crippen molar-refractivity contribution >= 4 is 17.7 Å².